The molecule has 2 N–H and O–H groups in total. The number of fused-ring (bicyclic) bond motifs is 3. The van der Waals surface area contributed by atoms with E-state index in [2.05, 4.69) is 21.6 Å². The predicted molar refractivity (Wildman–Crippen MR) is 176 cm³/mol. The van der Waals surface area contributed by atoms with Crippen LogP contribution in [-0.2, 0) is 0 Å². The highest BCUT2D eigenvalue weighted by Crippen LogP contribution is 2.36. The zero-order valence-electron chi connectivity index (χ0n) is 24.9. The highest BCUT2D eigenvalue weighted by Gasteiger charge is 2.20. The largest absolute Gasteiger partial charge is 0.490 e. The molecule has 5 aromatic carbocycles. The number of rotatable bonds is 10. The van der Waals surface area contributed by atoms with Gasteiger partial charge in [0.1, 0.15) is 11.4 Å². The van der Waals surface area contributed by atoms with E-state index in [0.29, 0.717) is 41.5 Å². The van der Waals surface area contributed by atoms with Crippen molar-refractivity contribution >= 4 is 39.8 Å². The summed E-state index contributed by atoms with van der Waals surface area (Å²) >= 11 is 0. The standard InChI is InChI=1S/C37H31N3O5/c1-3-43-31-21-19-26(22-32(31)44-4-2)37(42)45-30-17-11-9-15-27(30)23-38-40-36(41)35-33(25-13-6-5-7-14-25)29-20-18-24-12-8-10-16-28(24)34(29)39-35/h5-23,39H,3-4H2,1-2H3,(H,40,41). The molecule has 0 saturated carbocycles. The quantitative estimate of drug-likeness (QED) is 0.0727. The van der Waals surface area contributed by atoms with Gasteiger partial charge in [0, 0.05) is 21.9 Å². The Balaban J connectivity index is 1.25. The first-order chi connectivity index (χ1) is 22.1. The van der Waals surface area contributed by atoms with Crippen LogP contribution in [0.3, 0.4) is 0 Å². The van der Waals surface area contributed by atoms with Gasteiger partial charge in [-0.05, 0) is 55.1 Å². The number of aromatic amines is 1. The Morgan fingerprint density at radius 3 is 2.31 bits per heavy atom. The second-order valence-corrected chi connectivity index (χ2v) is 10.1. The molecule has 0 spiro atoms. The molecular formula is C37H31N3O5. The first-order valence-electron chi connectivity index (χ1n) is 14.7. The molecule has 8 nitrogen and oxygen atoms in total. The van der Waals surface area contributed by atoms with Crippen LogP contribution in [0.15, 0.2) is 114 Å². The van der Waals surface area contributed by atoms with E-state index in [-0.39, 0.29) is 5.75 Å². The molecule has 0 aliphatic heterocycles. The minimum atomic E-state index is -0.568. The third-order valence-corrected chi connectivity index (χ3v) is 7.26. The maximum Gasteiger partial charge on any atom is 0.343 e. The van der Waals surface area contributed by atoms with E-state index in [1.165, 1.54) is 6.21 Å². The second-order valence-electron chi connectivity index (χ2n) is 10.1. The average Bonchev–Trinajstić information content (AvgIpc) is 3.47. The highest BCUT2D eigenvalue weighted by molar-refractivity contribution is 6.16. The monoisotopic (exact) mass is 597 g/mol. The zero-order valence-corrected chi connectivity index (χ0v) is 24.9. The van der Waals surface area contributed by atoms with Crippen LogP contribution in [0.25, 0.3) is 32.8 Å². The molecule has 0 fully saturated rings. The fraction of sp³-hybridized carbons (Fsp3) is 0.108. The molecule has 1 aromatic heterocycles. The van der Waals surface area contributed by atoms with Gasteiger partial charge in [-0.3, -0.25) is 4.79 Å². The van der Waals surface area contributed by atoms with Crippen LogP contribution in [0.1, 0.15) is 40.3 Å². The minimum absolute atomic E-state index is 0.286. The van der Waals surface area contributed by atoms with E-state index in [1.807, 2.05) is 74.5 Å². The lowest BCUT2D eigenvalue weighted by Gasteiger charge is -2.12. The summed E-state index contributed by atoms with van der Waals surface area (Å²) in [4.78, 5) is 30.0. The van der Waals surface area contributed by atoms with Crippen molar-refractivity contribution in [3.63, 3.8) is 0 Å². The summed E-state index contributed by atoms with van der Waals surface area (Å²) in [6.45, 7) is 4.63. The molecule has 0 aliphatic rings. The lowest BCUT2D eigenvalue weighted by Crippen LogP contribution is -2.19. The topological polar surface area (TPSA) is 102 Å². The number of esters is 1. The Morgan fingerprint density at radius 2 is 1.49 bits per heavy atom. The minimum Gasteiger partial charge on any atom is -0.490 e. The summed E-state index contributed by atoms with van der Waals surface area (Å²) in [5.74, 6) is 0.331. The van der Waals surface area contributed by atoms with Gasteiger partial charge in [-0.15, -0.1) is 0 Å². The van der Waals surface area contributed by atoms with Crippen LogP contribution >= 0.6 is 0 Å². The summed E-state index contributed by atoms with van der Waals surface area (Å²) in [5, 5.41) is 7.25. The fourth-order valence-electron chi connectivity index (χ4n) is 5.25. The van der Waals surface area contributed by atoms with E-state index in [0.717, 1.165) is 32.8 Å². The van der Waals surface area contributed by atoms with Crippen molar-refractivity contribution in [3.05, 3.63) is 126 Å². The number of carbonyl (C=O) groups excluding carboxylic acids is 2. The van der Waals surface area contributed by atoms with Gasteiger partial charge in [0.05, 0.1) is 30.5 Å². The van der Waals surface area contributed by atoms with Crippen LogP contribution in [-0.4, -0.2) is 36.3 Å². The molecule has 1 heterocycles. The number of para-hydroxylation sites is 1. The molecule has 0 radical (unpaired) electrons. The number of amides is 1. The van der Waals surface area contributed by atoms with Crippen molar-refractivity contribution < 1.29 is 23.8 Å². The third kappa shape index (κ3) is 6.12. The number of aromatic nitrogens is 1. The van der Waals surface area contributed by atoms with Crippen LogP contribution in [0.2, 0.25) is 0 Å². The van der Waals surface area contributed by atoms with Crippen LogP contribution in [0.5, 0.6) is 17.2 Å². The Labute approximate surface area is 260 Å². The number of carbonyl (C=O) groups is 2. The highest BCUT2D eigenvalue weighted by atomic mass is 16.5. The molecule has 0 saturated heterocycles. The number of nitrogens with zero attached hydrogens (tertiary/aromatic N) is 1. The van der Waals surface area contributed by atoms with Crippen molar-refractivity contribution in [1.29, 1.82) is 0 Å². The number of hydrogen-bond donors (Lipinski definition) is 2. The van der Waals surface area contributed by atoms with E-state index in [4.69, 9.17) is 14.2 Å². The molecule has 6 aromatic rings. The van der Waals surface area contributed by atoms with E-state index in [1.54, 1.807) is 42.5 Å². The molecule has 0 aliphatic carbocycles. The Kier molecular flexibility index (Phi) is 8.55. The molecule has 224 valence electrons. The maximum atomic E-state index is 13.6. The van der Waals surface area contributed by atoms with Crippen molar-refractivity contribution in [3.8, 4) is 28.4 Å². The van der Waals surface area contributed by atoms with Crippen LogP contribution in [0, 0.1) is 0 Å². The van der Waals surface area contributed by atoms with Gasteiger partial charge in [-0.1, -0.05) is 78.9 Å². The molecule has 0 atom stereocenters. The van der Waals surface area contributed by atoms with Crippen molar-refractivity contribution in [1.82, 2.24) is 10.4 Å². The maximum absolute atomic E-state index is 13.6. The molecule has 6 rings (SSSR count). The zero-order chi connectivity index (χ0) is 31.2. The summed E-state index contributed by atoms with van der Waals surface area (Å²) in [7, 11) is 0. The van der Waals surface area contributed by atoms with Crippen molar-refractivity contribution in [2.45, 2.75) is 13.8 Å². The van der Waals surface area contributed by atoms with Gasteiger partial charge in [0.2, 0.25) is 0 Å². The first kappa shape index (κ1) is 29.2. The van der Waals surface area contributed by atoms with E-state index in [9.17, 15) is 9.59 Å². The van der Waals surface area contributed by atoms with Crippen molar-refractivity contribution in [2.75, 3.05) is 13.2 Å². The van der Waals surface area contributed by atoms with Gasteiger partial charge in [-0.25, -0.2) is 10.2 Å². The smallest absolute Gasteiger partial charge is 0.343 e. The molecule has 0 bridgehead atoms. The van der Waals surface area contributed by atoms with E-state index >= 15 is 0 Å². The Bertz CT molecular complexity index is 2030. The first-order valence-corrected chi connectivity index (χ1v) is 14.7. The summed E-state index contributed by atoms with van der Waals surface area (Å²) in [6, 6.07) is 33.8. The Hall–Kier alpha value is -5.89. The van der Waals surface area contributed by atoms with Gasteiger partial charge >= 0.3 is 5.97 Å². The lowest BCUT2D eigenvalue weighted by atomic mass is 9.99. The molecule has 8 heteroatoms. The summed E-state index contributed by atoms with van der Waals surface area (Å²) in [6.07, 6.45) is 1.45. The number of H-pyrrole nitrogens is 1. The predicted octanol–water partition coefficient (Wildman–Crippen LogP) is 7.77. The molecule has 1 amide bonds. The Morgan fingerprint density at radius 1 is 0.756 bits per heavy atom. The number of ether oxygens (including phenoxy) is 3. The average molecular weight is 598 g/mol. The number of hydrazone groups is 1. The SMILES string of the molecule is CCOc1ccc(C(=O)Oc2ccccc2C=NNC(=O)c2[nH]c3c(ccc4ccccc43)c2-c2ccccc2)cc1OCC. The van der Waals surface area contributed by atoms with Crippen molar-refractivity contribution in [2.24, 2.45) is 5.10 Å². The fourth-order valence-corrected chi connectivity index (χ4v) is 5.25. The second kappa shape index (κ2) is 13.2. The third-order valence-electron chi connectivity index (χ3n) is 7.26. The van der Waals surface area contributed by atoms with Gasteiger partial charge in [0.15, 0.2) is 11.5 Å². The molecular weight excluding hydrogens is 566 g/mol. The van der Waals surface area contributed by atoms with Gasteiger partial charge in [0.25, 0.3) is 5.91 Å². The molecule has 45 heavy (non-hydrogen) atoms. The van der Waals surface area contributed by atoms with Gasteiger partial charge < -0.3 is 19.2 Å². The number of nitrogens with one attached hydrogen (secondary N) is 2. The summed E-state index contributed by atoms with van der Waals surface area (Å²) in [5.41, 5.74) is 6.43. The number of benzene rings is 5. The van der Waals surface area contributed by atoms with E-state index < -0.39 is 11.9 Å². The van der Waals surface area contributed by atoms with Crippen LogP contribution in [0.4, 0.5) is 0 Å². The lowest BCUT2D eigenvalue weighted by molar-refractivity contribution is 0.0733. The summed E-state index contributed by atoms with van der Waals surface area (Å²) < 4.78 is 17.0. The normalized spacial score (nSPS) is 11.2. The van der Waals surface area contributed by atoms with Gasteiger partial charge in [-0.2, -0.15) is 5.10 Å². The van der Waals surface area contributed by atoms with Crippen LogP contribution < -0.4 is 19.6 Å². The number of hydrogen-bond acceptors (Lipinski definition) is 6. The molecule has 0 unspecified atom stereocenters.